The van der Waals surface area contributed by atoms with Crippen LogP contribution in [0.1, 0.15) is 56.9 Å². The van der Waals surface area contributed by atoms with E-state index >= 15 is 0 Å². The fourth-order valence-corrected chi connectivity index (χ4v) is 8.26. The van der Waals surface area contributed by atoms with E-state index in [1.165, 1.54) is 12.3 Å². The number of aromatic nitrogens is 1. The largest absolute Gasteiger partial charge is 0.419 e. The third-order valence-electron chi connectivity index (χ3n) is 9.97. The molecule has 6 fully saturated rings. The molecule has 2 amide bonds. The molecule has 1 aromatic rings. The predicted octanol–water partition coefficient (Wildman–Crippen LogP) is 2.94. The first-order valence-corrected chi connectivity index (χ1v) is 13.2. The monoisotopic (exact) mass is 505 g/mol. The molecule has 196 valence electrons. The molecule has 0 aromatic carbocycles. The minimum absolute atomic E-state index is 0.0336. The number of nitrogens with two attached hydrogens (primary N) is 1. The van der Waals surface area contributed by atoms with Crippen molar-refractivity contribution in [2.24, 2.45) is 28.9 Å². The van der Waals surface area contributed by atoms with E-state index in [-0.39, 0.29) is 29.1 Å². The maximum Gasteiger partial charge on any atom is 0.419 e. The molecule has 1 aliphatic heterocycles. The predicted molar refractivity (Wildman–Crippen MR) is 127 cm³/mol. The fraction of sp³-hybridized carbons (Fsp3) is 0.731. The number of pyridine rings is 1. The second-order valence-corrected chi connectivity index (χ2v) is 11.8. The van der Waals surface area contributed by atoms with E-state index in [0.717, 1.165) is 57.4 Å². The van der Waals surface area contributed by atoms with Crippen LogP contribution in [0.3, 0.4) is 0 Å². The van der Waals surface area contributed by atoms with E-state index in [1.54, 1.807) is 4.90 Å². The number of carbonyl (C=O) groups excluding carboxylic acids is 2. The van der Waals surface area contributed by atoms with Crippen molar-refractivity contribution in [3.63, 3.8) is 0 Å². The highest BCUT2D eigenvalue weighted by Crippen LogP contribution is 2.60. The molecule has 5 aliphatic carbocycles. The number of hydrogen-bond donors (Lipinski definition) is 2. The van der Waals surface area contributed by atoms with Crippen LogP contribution in [0.25, 0.3) is 0 Å². The molecule has 5 saturated carbocycles. The number of nitrogens with zero attached hydrogens (tertiary/aromatic N) is 3. The van der Waals surface area contributed by atoms with E-state index < -0.39 is 17.3 Å². The average Bonchev–Trinajstić information content (AvgIpc) is 2.80. The Balaban J connectivity index is 1.14. The number of carbonyl (C=O) groups is 2. The molecule has 2 unspecified atom stereocenters. The molecular formula is C26H34F3N5O2. The molecule has 0 spiro atoms. The maximum absolute atomic E-state index is 13.8. The van der Waals surface area contributed by atoms with Crippen LogP contribution in [0.4, 0.5) is 19.0 Å². The summed E-state index contributed by atoms with van der Waals surface area (Å²) in [6, 6.07) is 2.47. The molecule has 2 heterocycles. The van der Waals surface area contributed by atoms with E-state index in [0.29, 0.717) is 43.9 Å². The first-order chi connectivity index (χ1) is 17.1. The first-order valence-electron chi connectivity index (χ1n) is 13.2. The van der Waals surface area contributed by atoms with E-state index in [4.69, 9.17) is 5.73 Å². The first kappa shape index (κ1) is 24.0. The van der Waals surface area contributed by atoms with Gasteiger partial charge < -0.3 is 16.0 Å². The second kappa shape index (κ2) is 8.33. The van der Waals surface area contributed by atoms with Crippen LogP contribution in [-0.4, -0.2) is 59.5 Å². The van der Waals surface area contributed by atoms with Gasteiger partial charge in [0.2, 0.25) is 11.8 Å². The van der Waals surface area contributed by atoms with Crippen LogP contribution in [0.5, 0.6) is 0 Å². The zero-order valence-corrected chi connectivity index (χ0v) is 20.4. The summed E-state index contributed by atoms with van der Waals surface area (Å²) < 4.78 is 40.5. The van der Waals surface area contributed by atoms with Crippen LogP contribution >= 0.6 is 0 Å². The minimum Gasteiger partial charge on any atom is -0.369 e. The van der Waals surface area contributed by atoms with Crippen molar-refractivity contribution in [1.82, 2.24) is 15.2 Å². The number of hydrogen-bond acceptors (Lipinski definition) is 5. The summed E-state index contributed by atoms with van der Waals surface area (Å²) in [6.45, 7) is 1.83. The lowest BCUT2D eigenvalue weighted by molar-refractivity contribution is -0.152. The van der Waals surface area contributed by atoms with Gasteiger partial charge in [-0.15, -0.1) is 0 Å². The Bertz CT molecular complexity index is 1030. The number of anilines is 1. The topological polar surface area (TPSA) is 91.6 Å². The van der Waals surface area contributed by atoms with Crippen molar-refractivity contribution in [1.29, 1.82) is 0 Å². The highest BCUT2D eigenvalue weighted by atomic mass is 19.4. The van der Waals surface area contributed by atoms with Gasteiger partial charge in [0, 0.05) is 43.8 Å². The smallest absolute Gasteiger partial charge is 0.369 e. The molecule has 10 heteroatoms. The van der Waals surface area contributed by atoms with Crippen LogP contribution in [0.2, 0.25) is 0 Å². The number of nitrogens with one attached hydrogen (secondary N) is 1. The summed E-state index contributed by atoms with van der Waals surface area (Å²) in [5.41, 5.74) is 4.13. The van der Waals surface area contributed by atoms with Gasteiger partial charge in [-0.05, 0) is 81.3 Å². The number of primary amides is 1. The van der Waals surface area contributed by atoms with Crippen LogP contribution in [0.15, 0.2) is 18.3 Å². The van der Waals surface area contributed by atoms with E-state index in [1.807, 2.05) is 0 Å². The summed E-state index contributed by atoms with van der Waals surface area (Å²) in [5.74, 6) is 0.970. The lowest BCUT2D eigenvalue weighted by atomic mass is 9.47. The Morgan fingerprint density at radius 1 is 1.06 bits per heavy atom. The normalized spacial score (nSPS) is 35.4. The molecule has 6 aliphatic rings. The molecule has 0 radical (unpaired) electrons. The fourth-order valence-electron chi connectivity index (χ4n) is 8.26. The minimum atomic E-state index is -4.46. The molecule has 7 rings (SSSR count). The molecule has 7 nitrogen and oxygen atoms in total. The van der Waals surface area contributed by atoms with Crippen LogP contribution in [0, 0.1) is 23.2 Å². The average molecular weight is 506 g/mol. The zero-order valence-electron chi connectivity index (χ0n) is 20.4. The van der Waals surface area contributed by atoms with Crippen LogP contribution in [-0.2, 0) is 15.8 Å². The van der Waals surface area contributed by atoms with Crippen LogP contribution < -0.4 is 16.0 Å². The Labute approximate surface area is 209 Å². The summed E-state index contributed by atoms with van der Waals surface area (Å²) in [7, 11) is 0. The van der Waals surface area contributed by atoms with E-state index in [2.05, 4.69) is 15.2 Å². The van der Waals surface area contributed by atoms with Crippen molar-refractivity contribution in [3.05, 3.63) is 23.9 Å². The molecule has 4 bridgehead atoms. The van der Waals surface area contributed by atoms with Gasteiger partial charge in [0.25, 0.3) is 0 Å². The van der Waals surface area contributed by atoms with Gasteiger partial charge in [-0.3, -0.25) is 14.5 Å². The van der Waals surface area contributed by atoms with Gasteiger partial charge in [0.05, 0.1) is 5.56 Å². The number of amides is 2. The molecule has 3 N–H and O–H groups in total. The molecule has 36 heavy (non-hydrogen) atoms. The van der Waals surface area contributed by atoms with Gasteiger partial charge >= 0.3 is 6.18 Å². The number of rotatable bonds is 5. The molecular weight excluding hydrogens is 471 g/mol. The van der Waals surface area contributed by atoms with Gasteiger partial charge in [0.15, 0.2) is 0 Å². The summed E-state index contributed by atoms with van der Waals surface area (Å²) in [5, 5.41) is 3.42. The third-order valence-corrected chi connectivity index (χ3v) is 9.97. The molecule has 1 aromatic heterocycles. The van der Waals surface area contributed by atoms with Crippen molar-refractivity contribution in [3.8, 4) is 0 Å². The Hall–Kier alpha value is -2.36. The zero-order chi connectivity index (χ0) is 25.3. The Kier molecular flexibility index (Phi) is 5.55. The lowest BCUT2D eigenvalue weighted by Crippen LogP contribution is -2.70. The van der Waals surface area contributed by atoms with Gasteiger partial charge in [0.1, 0.15) is 11.4 Å². The molecule has 1 saturated heterocycles. The highest BCUT2D eigenvalue weighted by Gasteiger charge is 2.59. The Morgan fingerprint density at radius 2 is 1.72 bits per heavy atom. The highest BCUT2D eigenvalue weighted by molar-refractivity contribution is 5.88. The second-order valence-electron chi connectivity index (χ2n) is 11.8. The number of piperazine rings is 1. The van der Waals surface area contributed by atoms with Crippen molar-refractivity contribution >= 4 is 17.6 Å². The van der Waals surface area contributed by atoms with Gasteiger partial charge in [-0.25, -0.2) is 4.98 Å². The van der Waals surface area contributed by atoms with Crippen molar-refractivity contribution in [2.75, 3.05) is 31.1 Å². The third kappa shape index (κ3) is 3.70. The van der Waals surface area contributed by atoms with Crippen molar-refractivity contribution in [2.45, 2.75) is 69.1 Å². The SMILES string of the molecule is NC(=O)C12CC3CC(C1)C(NC(=O)C1(N4CCN(c5ncccc5C(F)(F)F)CC4)CCC1)C(C3)C2. The van der Waals surface area contributed by atoms with Gasteiger partial charge in [-0.1, -0.05) is 0 Å². The van der Waals surface area contributed by atoms with Crippen molar-refractivity contribution < 1.29 is 22.8 Å². The number of alkyl halides is 3. The quantitative estimate of drug-likeness (QED) is 0.642. The summed E-state index contributed by atoms with van der Waals surface area (Å²) in [4.78, 5) is 33.9. The molecule has 2 atom stereocenters. The Morgan fingerprint density at radius 3 is 2.28 bits per heavy atom. The van der Waals surface area contributed by atoms with E-state index in [9.17, 15) is 22.8 Å². The van der Waals surface area contributed by atoms with Gasteiger partial charge in [-0.2, -0.15) is 13.2 Å². The standard InChI is InChI=1S/C26H34F3N5O2/c27-26(28,29)19-3-1-6-31-21(19)33-7-9-34(10-8-33)25(4-2-5-25)23(36)32-20-17-11-16-12-18(20)15-24(13-16,14-17)22(30)35/h1,3,6,16-18,20H,2,4-5,7-15H2,(H2,30,35)(H,32,36). The summed E-state index contributed by atoms with van der Waals surface area (Å²) >= 11 is 0. The summed E-state index contributed by atoms with van der Waals surface area (Å²) in [6.07, 6.45) is 3.99. The maximum atomic E-state index is 13.8. The lowest BCUT2D eigenvalue weighted by Gasteiger charge is -2.59. The number of halogens is 3.